The van der Waals surface area contributed by atoms with Crippen molar-refractivity contribution in [2.75, 3.05) is 13.1 Å². The molecule has 2 unspecified atom stereocenters. The molecule has 3 amide bonds. The number of rotatable bonds is 6. The van der Waals surface area contributed by atoms with E-state index in [0.29, 0.717) is 12.5 Å². The molecule has 1 aliphatic heterocycles. The third kappa shape index (κ3) is 6.20. The Labute approximate surface area is 199 Å². The Morgan fingerprint density at radius 2 is 2.06 bits per heavy atom. The van der Waals surface area contributed by atoms with Crippen LogP contribution in [-0.4, -0.2) is 64.0 Å². The second kappa shape index (κ2) is 10.3. The lowest BCUT2D eigenvalue weighted by molar-refractivity contribution is -0.143. The van der Waals surface area contributed by atoms with E-state index in [-0.39, 0.29) is 30.7 Å². The van der Waals surface area contributed by atoms with Crippen molar-refractivity contribution >= 4 is 34.6 Å². The van der Waals surface area contributed by atoms with Crippen LogP contribution < -0.4 is 10.6 Å². The van der Waals surface area contributed by atoms with Gasteiger partial charge in [0.25, 0.3) is 0 Å². The number of β-amino-alcohol motifs (C(OH)–C–C–N with tert-alkyl or cyclic N) is 1. The van der Waals surface area contributed by atoms with Crippen molar-refractivity contribution in [3.05, 3.63) is 22.2 Å². The summed E-state index contributed by atoms with van der Waals surface area (Å²) >= 11 is 1.67. The number of aliphatic hydroxyl groups is 1. The molecule has 182 valence electrons. The van der Waals surface area contributed by atoms with E-state index in [4.69, 9.17) is 0 Å². The maximum atomic E-state index is 13.3. The van der Waals surface area contributed by atoms with Gasteiger partial charge in [0, 0.05) is 26.4 Å². The topological polar surface area (TPSA) is 112 Å². The van der Waals surface area contributed by atoms with Gasteiger partial charge >= 0.3 is 0 Å². The molecule has 1 aromatic heterocycles. The number of amides is 3. The molecule has 0 radical (unpaired) electrons. The van der Waals surface area contributed by atoms with E-state index in [1.54, 1.807) is 11.3 Å². The van der Waals surface area contributed by atoms with Crippen LogP contribution >= 0.6 is 11.3 Å². The number of carbonyl (C=O) groups is 3. The van der Waals surface area contributed by atoms with Crippen molar-refractivity contribution < 1.29 is 19.5 Å². The molecular formula is C24H36N4O4S. The van der Waals surface area contributed by atoms with E-state index < -0.39 is 23.6 Å². The Balaban J connectivity index is 1.60. The minimum Gasteiger partial charge on any atom is -0.391 e. The summed E-state index contributed by atoms with van der Waals surface area (Å²) in [5, 5.41) is 15.9. The van der Waals surface area contributed by atoms with Gasteiger partial charge in [0.05, 0.1) is 22.2 Å². The first-order valence-electron chi connectivity index (χ1n) is 11.6. The predicted molar refractivity (Wildman–Crippen MR) is 128 cm³/mol. The van der Waals surface area contributed by atoms with Crippen LogP contribution in [0.5, 0.6) is 0 Å². The predicted octanol–water partition coefficient (Wildman–Crippen LogP) is 2.26. The van der Waals surface area contributed by atoms with Gasteiger partial charge in [0.1, 0.15) is 12.1 Å². The Morgan fingerprint density at radius 3 is 2.61 bits per heavy atom. The van der Waals surface area contributed by atoms with Crippen LogP contribution in [-0.2, 0) is 14.4 Å². The van der Waals surface area contributed by atoms with Crippen molar-refractivity contribution in [2.24, 2.45) is 11.3 Å². The second-order valence-corrected chi connectivity index (χ2v) is 11.1. The van der Waals surface area contributed by atoms with E-state index in [0.717, 1.165) is 25.0 Å². The molecule has 3 N–H and O–H groups in total. The molecule has 1 aliphatic carbocycles. The molecule has 0 spiro atoms. The number of allylic oxidation sites excluding steroid dienone is 2. The van der Waals surface area contributed by atoms with Crippen LogP contribution in [0.15, 0.2) is 11.6 Å². The van der Waals surface area contributed by atoms with Crippen LogP contribution in [0.2, 0.25) is 0 Å². The maximum absolute atomic E-state index is 13.3. The summed E-state index contributed by atoms with van der Waals surface area (Å²) in [5.41, 5.74) is 3.74. The van der Waals surface area contributed by atoms with E-state index in [9.17, 15) is 19.5 Å². The Bertz CT molecular complexity index is 920. The van der Waals surface area contributed by atoms with Crippen LogP contribution in [0.3, 0.4) is 0 Å². The van der Waals surface area contributed by atoms with E-state index in [2.05, 4.69) is 21.7 Å². The van der Waals surface area contributed by atoms with E-state index >= 15 is 0 Å². The van der Waals surface area contributed by atoms with Gasteiger partial charge in [-0.15, -0.1) is 11.3 Å². The molecule has 2 aliphatic rings. The summed E-state index contributed by atoms with van der Waals surface area (Å²) in [6.07, 6.45) is 4.52. The minimum atomic E-state index is -0.771. The Morgan fingerprint density at radius 1 is 1.33 bits per heavy atom. The summed E-state index contributed by atoms with van der Waals surface area (Å²) in [5.74, 6) is -0.548. The lowest BCUT2D eigenvalue weighted by Gasteiger charge is -2.35. The summed E-state index contributed by atoms with van der Waals surface area (Å²) in [7, 11) is 0. The highest BCUT2D eigenvalue weighted by atomic mass is 32.1. The highest BCUT2D eigenvalue weighted by Crippen LogP contribution is 2.33. The number of hydrogen-bond acceptors (Lipinski definition) is 6. The van der Waals surface area contributed by atoms with Gasteiger partial charge in [-0.2, -0.15) is 0 Å². The lowest BCUT2D eigenvalue weighted by atomic mass is 9.85. The van der Waals surface area contributed by atoms with Gasteiger partial charge < -0.3 is 20.6 Å². The molecule has 0 bridgehead atoms. The van der Waals surface area contributed by atoms with Crippen LogP contribution in [0, 0.1) is 18.3 Å². The standard InChI is InChI=1S/C24H36N4O4S/c1-14-20(33-13-26-14)17-8-6-16(7-9-17)11-25-22(31)19-10-18(30)12-28(19)23(32)21(24(3,4)5)27-15(2)29/h8,13,16,18-19,21,30H,6-7,9-12H2,1-5H3,(H,25,31)(H,27,29)/t16?,18-,19+,21?/m1/s1. The zero-order valence-corrected chi connectivity index (χ0v) is 21.0. The molecule has 0 aromatic carbocycles. The highest BCUT2D eigenvalue weighted by Gasteiger charge is 2.44. The quantitative estimate of drug-likeness (QED) is 0.583. The number of aromatic nitrogens is 1. The zero-order chi connectivity index (χ0) is 24.3. The third-order valence-corrected chi connectivity index (χ3v) is 7.45. The van der Waals surface area contributed by atoms with Gasteiger partial charge in [-0.3, -0.25) is 14.4 Å². The first-order chi connectivity index (χ1) is 15.5. The Kier molecular flexibility index (Phi) is 7.95. The highest BCUT2D eigenvalue weighted by molar-refractivity contribution is 7.10. The summed E-state index contributed by atoms with van der Waals surface area (Å²) in [6, 6.07) is -1.51. The van der Waals surface area contributed by atoms with Gasteiger partial charge in [0.15, 0.2) is 0 Å². The minimum absolute atomic E-state index is 0.0901. The number of nitrogens with zero attached hydrogens (tertiary/aromatic N) is 2. The number of thiazole rings is 1. The van der Waals surface area contributed by atoms with Crippen molar-refractivity contribution in [3.8, 4) is 0 Å². The van der Waals surface area contributed by atoms with Gasteiger partial charge in [-0.1, -0.05) is 26.8 Å². The largest absolute Gasteiger partial charge is 0.391 e. The molecule has 3 rings (SSSR count). The number of hydrogen-bond donors (Lipinski definition) is 3. The molecule has 0 saturated carbocycles. The normalized spacial score (nSPS) is 24.2. The molecule has 1 saturated heterocycles. The molecule has 4 atom stereocenters. The average molecular weight is 477 g/mol. The van der Waals surface area contributed by atoms with Crippen molar-refractivity contribution in [3.63, 3.8) is 0 Å². The third-order valence-electron chi connectivity index (χ3n) is 6.45. The van der Waals surface area contributed by atoms with Crippen molar-refractivity contribution in [1.29, 1.82) is 0 Å². The SMILES string of the molecule is CC(=O)NC(C(=O)N1C[C@H](O)C[C@H]1C(=O)NCC1CC=C(c2scnc2C)CC1)C(C)(C)C. The first-order valence-corrected chi connectivity index (χ1v) is 12.5. The number of carbonyl (C=O) groups excluding carboxylic acids is 3. The summed E-state index contributed by atoms with van der Waals surface area (Å²) in [4.78, 5) is 45.0. The van der Waals surface area contributed by atoms with Gasteiger partial charge in [-0.05, 0) is 43.1 Å². The molecule has 1 fully saturated rings. The maximum Gasteiger partial charge on any atom is 0.246 e. The molecule has 2 heterocycles. The van der Waals surface area contributed by atoms with Gasteiger partial charge in [-0.25, -0.2) is 4.98 Å². The van der Waals surface area contributed by atoms with Gasteiger partial charge in [0.2, 0.25) is 17.7 Å². The Hall–Kier alpha value is -2.26. The fraction of sp³-hybridized carbons (Fsp3) is 0.667. The van der Waals surface area contributed by atoms with Crippen LogP contribution in [0.25, 0.3) is 5.57 Å². The lowest BCUT2D eigenvalue weighted by Crippen LogP contribution is -2.57. The smallest absolute Gasteiger partial charge is 0.246 e. The van der Waals surface area contributed by atoms with E-state index in [1.807, 2.05) is 33.2 Å². The molecular weight excluding hydrogens is 440 g/mol. The van der Waals surface area contributed by atoms with Crippen LogP contribution in [0.4, 0.5) is 0 Å². The number of aryl methyl sites for hydroxylation is 1. The van der Waals surface area contributed by atoms with Crippen molar-refractivity contribution in [1.82, 2.24) is 20.5 Å². The average Bonchev–Trinajstić information content (AvgIpc) is 3.35. The molecule has 8 nitrogen and oxygen atoms in total. The number of likely N-dealkylation sites (tertiary alicyclic amines) is 1. The molecule has 33 heavy (non-hydrogen) atoms. The number of nitrogens with one attached hydrogen (secondary N) is 2. The van der Waals surface area contributed by atoms with Crippen molar-refractivity contribution in [2.45, 2.75) is 78.5 Å². The summed E-state index contributed by atoms with van der Waals surface area (Å²) < 4.78 is 0. The fourth-order valence-electron chi connectivity index (χ4n) is 4.58. The zero-order valence-electron chi connectivity index (χ0n) is 20.2. The molecule has 1 aromatic rings. The van der Waals surface area contributed by atoms with Crippen LogP contribution in [0.1, 0.15) is 63.9 Å². The monoisotopic (exact) mass is 476 g/mol. The second-order valence-electron chi connectivity index (χ2n) is 10.3. The first kappa shape index (κ1) is 25.4. The summed E-state index contributed by atoms with van der Waals surface area (Å²) in [6.45, 7) is 9.62. The molecule has 9 heteroatoms. The number of aliphatic hydroxyl groups excluding tert-OH is 1. The fourth-order valence-corrected chi connectivity index (χ4v) is 5.45. The van der Waals surface area contributed by atoms with E-state index in [1.165, 1.54) is 22.3 Å².